The van der Waals surface area contributed by atoms with E-state index in [9.17, 15) is 14.4 Å². The summed E-state index contributed by atoms with van der Waals surface area (Å²) < 4.78 is 17.0. The third-order valence-corrected chi connectivity index (χ3v) is 15.3. The molecule has 0 N–H and O–H groups in total. The highest BCUT2D eigenvalue weighted by Crippen LogP contribution is 2.18. The van der Waals surface area contributed by atoms with E-state index in [-0.39, 0.29) is 31.1 Å². The second-order valence-corrected chi connectivity index (χ2v) is 23.1. The first-order valence-electron chi connectivity index (χ1n) is 34.1. The molecule has 1 atom stereocenters. The normalized spacial score (nSPS) is 12.3. The van der Waals surface area contributed by atoms with Crippen LogP contribution in [0.4, 0.5) is 0 Å². The van der Waals surface area contributed by atoms with Crippen LogP contribution in [0.3, 0.4) is 0 Å². The number of rotatable bonds is 63. The van der Waals surface area contributed by atoms with Crippen molar-refractivity contribution < 1.29 is 28.6 Å². The quantitative estimate of drug-likeness (QED) is 0.0261. The van der Waals surface area contributed by atoms with Crippen molar-refractivity contribution in [3.05, 3.63) is 48.6 Å². The van der Waals surface area contributed by atoms with Gasteiger partial charge in [-0.3, -0.25) is 14.4 Å². The van der Waals surface area contributed by atoms with Gasteiger partial charge in [0.05, 0.1) is 0 Å². The van der Waals surface area contributed by atoms with E-state index in [1.165, 1.54) is 244 Å². The van der Waals surface area contributed by atoms with E-state index >= 15 is 0 Å². The van der Waals surface area contributed by atoms with Gasteiger partial charge in [0.15, 0.2) is 6.10 Å². The van der Waals surface area contributed by atoms with Crippen molar-refractivity contribution in [2.45, 2.75) is 374 Å². The first-order valence-corrected chi connectivity index (χ1v) is 34.1. The van der Waals surface area contributed by atoms with Gasteiger partial charge in [-0.25, -0.2) is 0 Å². The van der Waals surface area contributed by atoms with E-state index in [2.05, 4.69) is 69.4 Å². The molecule has 0 heterocycles. The number of carbonyl (C=O) groups is 3. The maximum atomic E-state index is 12.9. The predicted molar refractivity (Wildman–Crippen MR) is 335 cm³/mol. The van der Waals surface area contributed by atoms with Gasteiger partial charge in [-0.15, -0.1) is 0 Å². The van der Waals surface area contributed by atoms with Gasteiger partial charge in [-0.2, -0.15) is 0 Å². The minimum absolute atomic E-state index is 0.0693. The summed E-state index contributed by atoms with van der Waals surface area (Å²) in [6, 6.07) is 0. The van der Waals surface area contributed by atoms with Crippen LogP contribution < -0.4 is 0 Å². The van der Waals surface area contributed by atoms with Crippen LogP contribution in [-0.2, 0) is 28.6 Å². The number of carbonyl (C=O) groups excluding carboxylic acids is 3. The summed E-state index contributed by atoms with van der Waals surface area (Å²) in [5, 5.41) is 0. The number of ether oxygens (including phenoxy) is 3. The Hall–Kier alpha value is -2.63. The summed E-state index contributed by atoms with van der Waals surface area (Å²) in [7, 11) is 0. The number of allylic oxidation sites excluding steroid dienone is 8. The van der Waals surface area contributed by atoms with E-state index in [1.807, 2.05) is 0 Å². The van der Waals surface area contributed by atoms with Crippen molar-refractivity contribution in [2.24, 2.45) is 0 Å². The van der Waals surface area contributed by atoms with Gasteiger partial charge in [-0.1, -0.05) is 339 Å². The minimum Gasteiger partial charge on any atom is -0.462 e. The van der Waals surface area contributed by atoms with Crippen molar-refractivity contribution >= 4 is 17.9 Å². The van der Waals surface area contributed by atoms with Crippen LogP contribution in [0.25, 0.3) is 0 Å². The Morgan fingerprint density at radius 2 is 0.506 bits per heavy atom. The van der Waals surface area contributed by atoms with Gasteiger partial charge in [0.2, 0.25) is 0 Å². The first kappa shape index (κ1) is 74.4. The largest absolute Gasteiger partial charge is 0.462 e. The van der Waals surface area contributed by atoms with Crippen molar-refractivity contribution in [3.63, 3.8) is 0 Å². The van der Waals surface area contributed by atoms with Gasteiger partial charge in [0.25, 0.3) is 0 Å². The van der Waals surface area contributed by atoms with E-state index < -0.39 is 6.10 Å². The van der Waals surface area contributed by atoms with Gasteiger partial charge < -0.3 is 14.2 Å². The zero-order valence-corrected chi connectivity index (χ0v) is 51.7. The molecule has 0 saturated heterocycles. The molecule has 0 aromatic carbocycles. The Balaban J connectivity index is 4.20. The molecule has 0 saturated carbocycles. The van der Waals surface area contributed by atoms with E-state index in [4.69, 9.17) is 14.2 Å². The molecule has 6 heteroatoms. The monoisotopic (exact) mass is 1080 g/mol. The molecule has 0 aromatic heterocycles. The lowest BCUT2D eigenvalue weighted by Gasteiger charge is -2.18. The van der Waals surface area contributed by atoms with Crippen molar-refractivity contribution in [3.8, 4) is 0 Å². The highest BCUT2D eigenvalue weighted by Gasteiger charge is 2.19. The van der Waals surface area contributed by atoms with E-state index in [0.717, 1.165) is 83.5 Å². The Labute approximate surface area is 479 Å². The van der Waals surface area contributed by atoms with Gasteiger partial charge >= 0.3 is 17.9 Å². The van der Waals surface area contributed by atoms with Crippen LogP contribution in [-0.4, -0.2) is 37.2 Å². The maximum absolute atomic E-state index is 12.9. The molecule has 0 radical (unpaired) electrons. The van der Waals surface area contributed by atoms with Crippen molar-refractivity contribution in [1.29, 1.82) is 0 Å². The number of hydrogen-bond acceptors (Lipinski definition) is 6. The number of esters is 3. The Kier molecular flexibility index (Phi) is 63.6. The molecule has 0 aromatic rings. The summed E-state index contributed by atoms with van der Waals surface area (Å²) in [4.78, 5) is 38.3. The highest BCUT2D eigenvalue weighted by atomic mass is 16.6. The second kappa shape index (κ2) is 65.9. The molecule has 0 aliphatic carbocycles. The molecule has 0 aliphatic heterocycles. The Bertz CT molecular complexity index is 1330. The number of hydrogen-bond donors (Lipinski definition) is 0. The van der Waals surface area contributed by atoms with Crippen LogP contribution in [0.2, 0.25) is 0 Å². The molecular formula is C71H130O6. The van der Waals surface area contributed by atoms with Gasteiger partial charge in [0.1, 0.15) is 13.2 Å². The first-order chi connectivity index (χ1) is 38.0. The van der Waals surface area contributed by atoms with Gasteiger partial charge in [-0.05, 0) is 57.8 Å². The van der Waals surface area contributed by atoms with Crippen molar-refractivity contribution in [1.82, 2.24) is 0 Å². The highest BCUT2D eigenvalue weighted by molar-refractivity contribution is 5.71. The maximum Gasteiger partial charge on any atom is 0.306 e. The molecule has 0 amide bonds. The van der Waals surface area contributed by atoms with Gasteiger partial charge in [0, 0.05) is 19.3 Å². The minimum atomic E-state index is -0.772. The summed E-state index contributed by atoms with van der Waals surface area (Å²) in [6.07, 6.45) is 82.8. The van der Waals surface area contributed by atoms with E-state index in [1.54, 1.807) is 0 Å². The lowest BCUT2D eigenvalue weighted by Crippen LogP contribution is -2.30. The lowest BCUT2D eigenvalue weighted by molar-refractivity contribution is -0.167. The molecular weight excluding hydrogens is 949 g/mol. The Morgan fingerprint density at radius 1 is 0.273 bits per heavy atom. The Morgan fingerprint density at radius 3 is 0.792 bits per heavy atom. The van der Waals surface area contributed by atoms with Crippen molar-refractivity contribution in [2.75, 3.05) is 13.2 Å². The third-order valence-electron chi connectivity index (χ3n) is 15.3. The topological polar surface area (TPSA) is 78.9 Å². The van der Waals surface area contributed by atoms with Crippen LogP contribution in [0, 0.1) is 0 Å². The average molecular weight is 1080 g/mol. The fourth-order valence-electron chi connectivity index (χ4n) is 10.3. The third kappa shape index (κ3) is 64.1. The van der Waals surface area contributed by atoms with Crippen LogP contribution in [0.15, 0.2) is 48.6 Å². The lowest BCUT2D eigenvalue weighted by atomic mass is 10.0. The number of unbranched alkanes of at least 4 members (excludes halogenated alkanes) is 44. The molecule has 77 heavy (non-hydrogen) atoms. The molecule has 0 aliphatic rings. The molecule has 0 spiro atoms. The SMILES string of the molecule is CC/C=C\C/C=C\C/C=C\C/C=C\CCCCCCCCCCCCC(=O)OC(COC(=O)CCCCCCCCCCCCC)COC(=O)CCCCCCCCCCCCCCCCCCCCCCCCCCC. The van der Waals surface area contributed by atoms with E-state index in [0.29, 0.717) is 19.3 Å². The second-order valence-electron chi connectivity index (χ2n) is 23.1. The summed E-state index contributed by atoms with van der Waals surface area (Å²) in [6.45, 7) is 6.58. The average Bonchev–Trinajstić information content (AvgIpc) is 3.43. The fraction of sp³-hybridized carbons (Fsp3) is 0.845. The molecule has 450 valence electrons. The summed E-state index contributed by atoms with van der Waals surface area (Å²) in [5.74, 6) is -0.849. The zero-order valence-electron chi connectivity index (χ0n) is 51.7. The fourth-order valence-corrected chi connectivity index (χ4v) is 10.3. The standard InChI is InChI=1S/C71H130O6/c1-4-7-10-13-16-19-22-24-26-28-30-32-34-35-37-38-40-42-44-46-49-52-55-58-61-64-70(73)76-67-68(66-75-69(72)63-60-57-54-51-48-21-18-15-12-9-6-3)77-71(74)65-62-59-56-53-50-47-45-43-41-39-36-33-31-29-27-25-23-20-17-14-11-8-5-2/h8,11,17,20,25,27,31,33,68H,4-7,9-10,12-16,18-19,21-24,26,28-30,32,34-67H2,1-3H3/b11-8-,20-17-,27-25-,33-31-. The smallest absolute Gasteiger partial charge is 0.306 e. The molecule has 0 fully saturated rings. The zero-order chi connectivity index (χ0) is 55.7. The molecule has 0 rings (SSSR count). The van der Waals surface area contributed by atoms with Crippen LogP contribution in [0.5, 0.6) is 0 Å². The predicted octanol–water partition coefficient (Wildman–Crippen LogP) is 23.3. The van der Waals surface area contributed by atoms with Crippen LogP contribution >= 0.6 is 0 Å². The molecule has 0 bridgehead atoms. The van der Waals surface area contributed by atoms with Crippen LogP contribution in [0.1, 0.15) is 367 Å². The summed E-state index contributed by atoms with van der Waals surface area (Å²) in [5.41, 5.74) is 0. The molecule has 1 unspecified atom stereocenters. The summed E-state index contributed by atoms with van der Waals surface area (Å²) >= 11 is 0. The molecule has 6 nitrogen and oxygen atoms in total.